The van der Waals surface area contributed by atoms with E-state index in [1.165, 1.54) is 6.08 Å². The largest absolute Gasteiger partial charge is 0.338 e. The van der Waals surface area contributed by atoms with Crippen molar-refractivity contribution >= 4 is 27.7 Å². The van der Waals surface area contributed by atoms with Gasteiger partial charge in [-0.15, -0.1) is 0 Å². The van der Waals surface area contributed by atoms with Gasteiger partial charge in [0.25, 0.3) is 0 Å². The molecule has 1 N–H and O–H groups in total. The molecule has 4 heterocycles. The third kappa shape index (κ3) is 2.99. The molecule has 2 fully saturated rings. The van der Waals surface area contributed by atoms with Crippen molar-refractivity contribution in [1.82, 2.24) is 34.7 Å². The Morgan fingerprint density at radius 3 is 2.66 bits per heavy atom. The highest BCUT2D eigenvalue weighted by molar-refractivity contribution is 5.98. The highest BCUT2D eigenvalue weighted by Gasteiger charge is 2.54. The number of H-pyrrole nitrogens is 1. The van der Waals surface area contributed by atoms with Gasteiger partial charge in [-0.1, -0.05) is 18.7 Å². The average Bonchev–Trinajstić information content (AvgIpc) is 3.56. The van der Waals surface area contributed by atoms with Gasteiger partial charge >= 0.3 is 0 Å². The van der Waals surface area contributed by atoms with E-state index in [0.717, 1.165) is 70.1 Å². The van der Waals surface area contributed by atoms with Gasteiger partial charge in [0, 0.05) is 53.6 Å². The van der Waals surface area contributed by atoms with Crippen molar-refractivity contribution in [3.05, 3.63) is 67.6 Å². The van der Waals surface area contributed by atoms with Crippen LogP contribution >= 0.6 is 0 Å². The lowest BCUT2D eigenvalue weighted by atomic mass is 9.60. The molecule has 8 heteroatoms. The molecule has 2 aromatic carbocycles. The number of carbonyl (C=O) groups is 1. The monoisotopic (exact) mass is 463 g/mol. The molecule has 35 heavy (non-hydrogen) atoms. The topological polar surface area (TPSA) is 84.6 Å². The molecule has 0 radical (unpaired) electrons. The van der Waals surface area contributed by atoms with Gasteiger partial charge in [0.2, 0.25) is 5.91 Å². The van der Waals surface area contributed by atoms with Crippen LogP contribution in [0.2, 0.25) is 0 Å². The van der Waals surface area contributed by atoms with Crippen molar-refractivity contribution in [2.45, 2.75) is 18.9 Å². The van der Waals surface area contributed by atoms with E-state index in [1.54, 1.807) is 0 Å². The van der Waals surface area contributed by atoms with Gasteiger partial charge in [-0.2, -0.15) is 15.3 Å². The molecule has 0 atom stereocenters. The fourth-order valence-electron chi connectivity index (χ4n) is 5.95. The van der Waals surface area contributed by atoms with Gasteiger partial charge in [-0.05, 0) is 48.7 Å². The Kier molecular flexibility index (Phi) is 4.13. The summed E-state index contributed by atoms with van der Waals surface area (Å²) < 4.78 is 4.10. The van der Waals surface area contributed by atoms with Crippen LogP contribution in [0.4, 0.5) is 0 Å². The first kappa shape index (κ1) is 20.2. The maximum absolute atomic E-state index is 11.9. The fourth-order valence-corrected chi connectivity index (χ4v) is 5.95. The van der Waals surface area contributed by atoms with Crippen LogP contribution in [-0.4, -0.2) is 53.7 Å². The summed E-state index contributed by atoms with van der Waals surface area (Å²) in [6, 6.07) is 13.3. The van der Waals surface area contributed by atoms with Gasteiger partial charge < -0.3 is 4.90 Å². The molecule has 0 bridgehead atoms. The molecular weight excluding hydrogens is 438 g/mol. The minimum atomic E-state index is 0.0310. The predicted molar refractivity (Wildman–Crippen MR) is 135 cm³/mol. The molecule has 1 aliphatic heterocycles. The van der Waals surface area contributed by atoms with E-state index in [4.69, 9.17) is 5.10 Å². The van der Waals surface area contributed by atoms with Crippen molar-refractivity contribution in [1.29, 1.82) is 0 Å². The smallest absolute Gasteiger partial charge is 0.245 e. The summed E-state index contributed by atoms with van der Waals surface area (Å²) in [5.41, 5.74) is 6.69. The van der Waals surface area contributed by atoms with E-state index in [1.807, 2.05) is 35.2 Å². The Labute approximate surface area is 201 Å². The minimum absolute atomic E-state index is 0.0310. The van der Waals surface area contributed by atoms with Crippen LogP contribution in [-0.2, 0) is 11.8 Å². The minimum Gasteiger partial charge on any atom is -0.338 e. The highest BCUT2D eigenvalue weighted by Crippen LogP contribution is 2.55. The van der Waals surface area contributed by atoms with Crippen LogP contribution in [0.3, 0.4) is 0 Å². The quantitative estimate of drug-likeness (QED) is 0.402. The Balaban J connectivity index is 1.29. The number of carbonyl (C=O) groups excluding carboxylic acids is 1. The first-order chi connectivity index (χ1) is 17.0. The summed E-state index contributed by atoms with van der Waals surface area (Å²) >= 11 is 0. The molecule has 1 saturated carbocycles. The summed E-state index contributed by atoms with van der Waals surface area (Å²) in [5.74, 6) is 0.0310. The second-order valence-corrected chi connectivity index (χ2v) is 10.0. The van der Waals surface area contributed by atoms with Crippen LogP contribution in [0.15, 0.2) is 67.6 Å². The number of rotatable bonds is 4. The molecule has 1 saturated heterocycles. The van der Waals surface area contributed by atoms with E-state index >= 15 is 0 Å². The summed E-state index contributed by atoms with van der Waals surface area (Å²) in [6.45, 7) is 5.26. The molecule has 2 aliphatic rings. The zero-order valence-corrected chi connectivity index (χ0v) is 19.5. The van der Waals surface area contributed by atoms with Gasteiger partial charge in [-0.3, -0.25) is 19.3 Å². The number of nitrogens with zero attached hydrogens (tertiary/aromatic N) is 6. The van der Waals surface area contributed by atoms with E-state index in [0.29, 0.717) is 6.04 Å². The summed E-state index contributed by atoms with van der Waals surface area (Å²) in [7, 11) is 1.96. The maximum atomic E-state index is 11.9. The summed E-state index contributed by atoms with van der Waals surface area (Å²) in [6.07, 6.45) is 9.14. The third-order valence-electron chi connectivity index (χ3n) is 7.78. The molecule has 1 aliphatic carbocycles. The van der Waals surface area contributed by atoms with Gasteiger partial charge in [0.05, 0.1) is 29.5 Å². The molecule has 3 aromatic heterocycles. The molecule has 5 aromatic rings. The lowest BCUT2D eigenvalue weighted by Gasteiger charge is -2.58. The Morgan fingerprint density at radius 2 is 1.89 bits per heavy atom. The average molecular weight is 464 g/mol. The molecule has 1 spiro atoms. The summed E-state index contributed by atoms with van der Waals surface area (Å²) in [5, 5.41) is 18.8. The number of aromatic nitrogens is 6. The Bertz CT molecular complexity index is 1610. The van der Waals surface area contributed by atoms with E-state index < -0.39 is 0 Å². The lowest BCUT2D eigenvalue weighted by Crippen LogP contribution is -2.63. The van der Waals surface area contributed by atoms with Crippen molar-refractivity contribution in [2.75, 3.05) is 13.1 Å². The second-order valence-electron chi connectivity index (χ2n) is 10.0. The number of aromatic amines is 1. The number of aryl methyl sites for hydroxylation is 1. The van der Waals surface area contributed by atoms with Crippen LogP contribution in [0.1, 0.15) is 18.9 Å². The van der Waals surface area contributed by atoms with Crippen molar-refractivity contribution in [3.63, 3.8) is 0 Å². The number of fused-ring (bicyclic) bond motifs is 2. The third-order valence-corrected chi connectivity index (χ3v) is 7.78. The van der Waals surface area contributed by atoms with Gasteiger partial charge in [0.15, 0.2) is 0 Å². The normalized spacial score (nSPS) is 17.1. The number of amides is 1. The fraction of sp³-hybridized carbons (Fsp3) is 0.259. The van der Waals surface area contributed by atoms with Crippen LogP contribution < -0.4 is 0 Å². The first-order valence-corrected chi connectivity index (χ1v) is 11.9. The number of hydrogen-bond acceptors (Lipinski definition) is 4. The zero-order valence-electron chi connectivity index (χ0n) is 19.5. The van der Waals surface area contributed by atoms with Crippen molar-refractivity contribution in [2.24, 2.45) is 12.5 Å². The summed E-state index contributed by atoms with van der Waals surface area (Å²) in [4.78, 5) is 13.8. The van der Waals surface area contributed by atoms with Crippen LogP contribution in [0, 0.1) is 5.41 Å². The number of nitrogens with one attached hydrogen (secondary N) is 1. The molecule has 174 valence electrons. The standard InChI is InChI=1S/C27H25N7O/c1-3-25(35)33-15-27(16-33)10-21(11-27)34-24-7-4-17(20-12-28-29-13-20)9-22(24)26(31-34)18-5-6-23-19(8-18)14-30-32(23)2/h3-9,12-14,21H,1,10-11,15-16H2,2H3,(H,28,29). The van der Waals surface area contributed by atoms with Gasteiger partial charge in [-0.25, -0.2) is 0 Å². The molecule has 7 rings (SSSR count). The number of hydrogen-bond donors (Lipinski definition) is 1. The molecular formula is C27H25N7O. The zero-order chi connectivity index (χ0) is 23.7. The van der Waals surface area contributed by atoms with Gasteiger partial charge in [0.1, 0.15) is 5.69 Å². The molecule has 0 unspecified atom stereocenters. The van der Waals surface area contributed by atoms with E-state index in [2.05, 4.69) is 63.0 Å². The van der Waals surface area contributed by atoms with E-state index in [9.17, 15) is 4.79 Å². The van der Waals surface area contributed by atoms with Crippen molar-refractivity contribution < 1.29 is 4.79 Å². The highest BCUT2D eigenvalue weighted by atomic mass is 16.2. The Hall–Kier alpha value is -4.20. The predicted octanol–water partition coefficient (Wildman–Crippen LogP) is 4.33. The Morgan fingerprint density at radius 1 is 1.09 bits per heavy atom. The maximum Gasteiger partial charge on any atom is 0.245 e. The molecule has 1 amide bonds. The van der Waals surface area contributed by atoms with Crippen LogP contribution in [0.5, 0.6) is 0 Å². The lowest BCUT2D eigenvalue weighted by molar-refractivity contribution is -0.148. The van der Waals surface area contributed by atoms with E-state index in [-0.39, 0.29) is 11.3 Å². The number of benzene rings is 2. The second kappa shape index (κ2) is 7.15. The number of likely N-dealkylation sites (tertiary alicyclic amines) is 1. The van der Waals surface area contributed by atoms with Crippen LogP contribution in [0.25, 0.3) is 44.2 Å². The SMILES string of the molecule is C=CC(=O)N1CC2(CC(n3nc(-c4ccc5c(cnn5C)c4)c4cc(-c5cn[nH]c5)ccc43)C2)C1. The first-order valence-electron chi connectivity index (χ1n) is 11.9. The molecule has 8 nitrogen and oxygen atoms in total. The van der Waals surface area contributed by atoms with Crippen molar-refractivity contribution in [3.8, 4) is 22.4 Å².